The molecule has 9 nitrogen and oxygen atoms in total. The monoisotopic (exact) mass is 504 g/mol. The van der Waals surface area contributed by atoms with Gasteiger partial charge >= 0.3 is 0 Å². The minimum absolute atomic E-state index is 0.291. The van der Waals surface area contributed by atoms with Gasteiger partial charge in [0.05, 0.1) is 30.8 Å². The van der Waals surface area contributed by atoms with E-state index in [1.54, 1.807) is 28.9 Å². The number of anilines is 1. The first-order chi connectivity index (χ1) is 17.9. The first kappa shape index (κ1) is 24.7. The van der Waals surface area contributed by atoms with Gasteiger partial charge in [-0.15, -0.1) is 5.10 Å². The number of carbonyl (C=O) groups is 1. The molecule has 0 radical (unpaired) electrons. The molecule has 3 heterocycles. The molecule has 1 amide bonds. The number of carbonyl (C=O) groups excluding carboxylic acids is 1. The van der Waals surface area contributed by atoms with Crippen LogP contribution in [0.15, 0.2) is 48.7 Å². The largest absolute Gasteiger partial charge is 0.437 e. The van der Waals surface area contributed by atoms with Gasteiger partial charge in [0.15, 0.2) is 5.65 Å². The Bertz CT molecular complexity index is 1450. The fraction of sp³-hybridized carbons (Fsp3) is 0.296. The van der Waals surface area contributed by atoms with E-state index in [-0.39, 0.29) is 5.82 Å². The Hall–Kier alpha value is -4.02. The first-order valence-electron chi connectivity index (χ1n) is 12.2. The molecule has 1 fully saturated rings. The van der Waals surface area contributed by atoms with Crippen LogP contribution in [-0.4, -0.2) is 64.8 Å². The summed E-state index contributed by atoms with van der Waals surface area (Å²) in [7, 11) is 0. The number of rotatable bonds is 8. The fourth-order valence-corrected chi connectivity index (χ4v) is 4.39. The summed E-state index contributed by atoms with van der Waals surface area (Å²) in [6, 6.07) is 11.6. The average molecular weight is 505 g/mol. The number of benzene rings is 2. The average Bonchev–Trinajstić information content (AvgIpc) is 3.31. The van der Waals surface area contributed by atoms with Crippen LogP contribution in [0, 0.1) is 19.7 Å². The number of fused-ring (bicyclic) bond motifs is 1. The van der Waals surface area contributed by atoms with Crippen LogP contribution in [0.25, 0.3) is 16.9 Å². The van der Waals surface area contributed by atoms with E-state index in [9.17, 15) is 9.18 Å². The second kappa shape index (κ2) is 10.5. The van der Waals surface area contributed by atoms with Crippen molar-refractivity contribution in [3.05, 3.63) is 71.2 Å². The predicted octanol–water partition coefficient (Wildman–Crippen LogP) is 3.79. The second-order valence-corrected chi connectivity index (χ2v) is 9.06. The Morgan fingerprint density at radius 3 is 2.70 bits per heavy atom. The molecule has 0 spiro atoms. The maximum absolute atomic E-state index is 13.9. The highest BCUT2D eigenvalue weighted by atomic mass is 19.1. The van der Waals surface area contributed by atoms with Crippen molar-refractivity contribution in [2.45, 2.75) is 13.8 Å². The smallest absolute Gasteiger partial charge is 0.248 e. The summed E-state index contributed by atoms with van der Waals surface area (Å²) < 4.78 is 27.1. The minimum atomic E-state index is -0.478. The molecular formula is C27H29FN6O3. The number of halogens is 1. The highest BCUT2D eigenvalue weighted by Crippen LogP contribution is 2.31. The molecular weight excluding hydrogens is 475 g/mol. The maximum atomic E-state index is 13.9. The van der Waals surface area contributed by atoms with Gasteiger partial charge in [-0.25, -0.2) is 13.9 Å². The van der Waals surface area contributed by atoms with E-state index < -0.39 is 5.91 Å². The predicted molar refractivity (Wildman–Crippen MR) is 139 cm³/mol. The number of amides is 1. The molecule has 1 saturated heterocycles. The standard InChI is InChI=1S/C27H29FN6O3/c1-17-3-5-20(28)14-24(17)37-25-15-22(30-7-8-33-9-11-36-12-10-33)27-31-16-23(34(27)32-25)19-4-6-21(26(29)35)18(2)13-19/h3-6,13-16,30H,7-12H2,1-2H3,(H2,29,35). The lowest BCUT2D eigenvalue weighted by molar-refractivity contribution is 0.0398. The van der Waals surface area contributed by atoms with Crippen molar-refractivity contribution < 1.29 is 18.7 Å². The van der Waals surface area contributed by atoms with Crippen molar-refractivity contribution in [1.29, 1.82) is 0 Å². The van der Waals surface area contributed by atoms with Crippen molar-refractivity contribution in [3.63, 3.8) is 0 Å². The van der Waals surface area contributed by atoms with Gasteiger partial charge in [-0.1, -0.05) is 12.1 Å². The molecule has 10 heteroatoms. The highest BCUT2D eigenvalue weighted by molar-refractivity contribution is 5.94. The topological polar surface area (TPSA) is 107 Å². The Balaban J connectivity index is 1.52. The van der Waals surface area contributed by atoms with Crippen LogP contribution in [0.4, 0.5) is 10.1 Å². The van der Waals surface area contributed by atoms with Crippen molar-refractivity contribution in [3.8, 4) is 22.9 Å². The van der Waals surface area contributed by atoms with E-state index in [0.29, 0.717) is 35.1 Å². The summed E-state index contributed by atoms with van der Waals surface area (Å²) in [5.74, 6) is -0.193. The van der Waals surface area contributed by atoms with Crippen molar-refractivity contribution in [2.24, 2.45) is 5.73 Å². The number of primary amides is 1. The zero-order chi connectivity index (χ0) is 25.9. The van der Waals surface area contributed by atoms with Crippen molar-refractivity contribution in [1.82, 2.24) is 19.5 Å². The summed E-state index contributed by atoms with van der Waals surface area (Å²) in [6.45, 7) is 8.49. The van der Waals surface area contributed by atoms with Gasteiger partial charge in [0, 0.05) is 49.4 Å². The third-order valence-corrected chi connectivity index (χ3v) is 6.44. The van der Waals surface area contributed by atoms with Crippen LogP contribution in [0.3, 0.4) is 0 Å². The van der Waals surface area contributed by atoms with Crippen LogP contribution in [0.5, 0.6) is 11.6 Å². The summed E-state index contributed by atoms with van der Waals surface area (Å²) >= 11 is 0. The summed E-state index contributed by atoms with van der Waals surface area (Å²) in [5.41, 5.74) is 10.4. The van der Waals surface area contributed by atoms with Gasteiger partial charge < -0.3 is 20.5 Å². The lowest BCUT2D eigenvalue weighted by Gasteiger charge is -2.26. The van der Waals surface area contributed by atoms with Gasteiger partial charge in [-0.3, -0.25) is 9.69 Å². The SMILES string of the molecule is Cc1ccc(F)cc1Oc1cc(NCCN2CCOCC2)c2ncc(-c3ccc(C(N)=O)c(C)c3)n2n1. The Kier molecular flexibility index (Phi) is 7.02. The molecule has 5 rings (SSSR count). The van der Waals surface area contributed by atoms with Crippen LogP contribution in [0.2, 0.25) is 0 Å². The number of imidazole rings is 1. The zero-order valence-electron chi connectivity index (χ0n) is 20.8. The van der Waals surface area contributed by atoms with E-state index in [1.165, 1.54) is 12.1 Å². The highest BCUT2D eigenvalue weighted by Gasteiger charge is 2.17. The van der Waals surface area contributed by atoms with Crippen LogP contribution >= 0.6 is 0 Å². The number of aryl methyl sites for hydroxylation is 2. The first-order valence-corrected chi connectivity index (χ1v) is 12.2. The molecule has 2 aromatic heterocycles. The molecule has 0 unspecified atom stereocenters. The molecule has 1 aliphatic rings. The van der Waals surface area contributed by atoms with Crippen LogP contribution < -0.4 is 15.8 Å². The number of ether oxygens (including phenoxy) is 2. The number of hydrogen-bond acceptors (Lipinski definition) is 7. The molecule has 4 aromatic rings. The molecule has 0 atom stereocenters. The van der Waals surface area contributed by atoms with Crippen molar-refractivity contribution >= 4 is 17.2 Å². The number of nitrogens with zero attached hydrogens (tertiary/aromatic N) is 4. The number of morpholine rings is 1. The molecule has 0 bridgehead atoms. The van der Waals surface area contributed by atoms with E-state index in [0.717, 1.165) is 55.2 Å². The van der Waals surface area contributed by atoms with Gasteiger partial charge in [0.1, 0.15) is 11.6 Å². The molecule has 3 N–H and O–H groups in total. The molecule has 37 heavy (non-hydrogen) atoms. The number of nitrogens with one attached hydrogen (secondary N) is 1. The Labute approximate surface area is 214 Å². The van der Waals surface area contributed by atoms with Gasteiger partial charge in [-0.2, -0.15) is 0 Å². The lowest BCUT2D eigenvalue weighted by atomic mass is 10.0. The second-order valence-electron chi connectivity index (χ2n) is 9.06. The van der Waals surface area contributed by atoms with Crippen molar-refractivity contribution in [2.75, 3.05) is 44.7 Å². The summed E-state index contributed by atoms with van der Waals surface area (Å²) in [4.78, 5) is 18.7. The normalized spacial score (nSPS) is 14.1. The molecule has 192 valence electrons. The third kappa shape index (κ3) is 5.40. The molecule has 2 aromatic carbocycles. The number of hydrogen-bond donors (Lipinski definition) is 2. The van der Waals surface area contributed by atoms with E-state index in [1.807, 2.05) is 26.0 Å². The Morgan fingerprint density at radius 1 is 1.14 bits per heavy atom. The third-order valence-electron chi connectivity index (χ3n) is 6.44. The summed E-state index contributed by atoms with van der Waals surface area (Å²) in [6.07, 6.45) is 1.73. The number of nitrogens with two attached hydrogens (primary N) is 1. The number of aromatic nitrogens is 3. The lowest BCUT2D eigenvalue weighted by Crippen LogP contribution is -2.39. The fourth-order valence-electron chi connectivity index (χ4n) is 4.39. The Morgan fingerprint density at radius 2 is 1.95 bits per heavy atom. The molecule has 1 aliphatic heterocycles. The van der Waals surface area contributed by atoms with E-state index in [4.69, 9.17) is 15.2 Å². The molecule has 0 saturated carbocycles. The van der Waals surface area contributed by atoms with Crippen LogP contribution in [-0.2, 0) is 4.74 Å². The van der Waals surface area contributed by atoms with Gasteiger partial charge in [0.2, 0.25) is 11.8 Å². The quantitative estimate of drug-likeness (QED) is 0.376. The van der Waals surface area contributed by atoms with Gasteiger partial charge in [0.25, 0.3) is 0 Å². The molecule has 0 aliphatic carbocycles. The van der Waals surface area contributed by atoms with E-state index >= 15 is 0 Å². The van der Waals surface area contributed by atoms with Crippen LogP contribution in [0.1, 0.15) is 21.5 Å². The zero-order valence-corrected chi connectivity index (χ0v) is 20.8. The van der Waals surface area contributed by atoms with Gasteiger partial charge in [-0.05, 0) is 43.2 Å². The minimum Gasteiger partial charge on any atom is -0.437 e. The summed E-state index contributed by atoms with van der Waals surface area (Å²) in [5, 5.41) is 8.14. The maximum Gasteiger partial charge on any atom is 0.248 e. The van der Waals surface area contributed by atoms with E-state index in [2.05, 4.69) is 20.3 Å².